The Labute approximate surface area is 266 Å². The first-order valence-corrected chi connectivity index (χ1v) is 15.6. The molecule has 8 aromatic rings. The molecule has 45 heavy (non-hydrogen) atoms. The summed E-state index contributed by atoms with van der Waals surface area (Å²) in [5.74, 6) is -1.86. The van der Waals surface area contributed by atoms with Crippen LogP contribution in [0.15, 0.2) is 132 Å². The highest BCUT2D eigenvalue weighted by Gasteiger charge is 2.22. The second-order valence-electron chi connectivity index (χ2n) is 12.3. The van der Waals surface area contributed by atoms with Crippen LogP contribution in [-0.2, 0) is 0 Å². The van der Waals surface area contributed by atoms with Crippen LogP contribution in [0.1, 0.15) is 53.4 Å². The molecule has 0 aliphatic rings. The first-order valence-electron chi connectivity index (χ1n) is 16.6. The number of hydrogen-bond donors (Lipinski definition) is 0. The molecule has 218 valence electrons. The lowest BCUT2D eigenvalue weighted by molar-refractivity contribution is 0.671. The Balaban J connectivity index is 1.39. The second kappa shape index (κ2) is 10.7. The van der Waals surface area contributed by atoms with E-state index in [1.54, 1.807) is 0 Å². The van der Waals surface area contributed by atoms with Gasteiger partial charge in [-0.2, -0.15) is 0 Å². The normalized spacial score (nSPS) is 13.1. The van der Waals surface area contributed by atoms with Crippen molar-refractivity contribution in [2.75, 3.05) is 0 Å². The van der Waals surface area contributed by atoms with E-state index < -0.39 is 11.8 Å². The highest BCUT2D eigenvalue weighted by Crippen LogP contribution is 2.44. The minimum Gasteiger partial charge on any atom is -0.455 e. The molecule has 2 heterocycles. The molecular weight excluding hydrogens is 546 g/mol. The Morgan fingerprint density at radius 2 is 1.24 bits per heavy atom. The van der Waals surface area contributed by atoms with E-state index >= 15 is 0 Å². The third kappa shape index (κ3) is 4.44. The Kier molecular flexibility index (Phi) is 6.01. The minimum atomic E-state index is -0.937. The monoisotopic (exact) mass is 583 g/mol. The van der Waals surface area contributed by atoms with E-state index in [4.69, 9.17) is 9.40 Å². The fourth-order valence-electron chi connectivity index (χ4n) is 6.97. The molecule has 0 aliphatic carbocycles. The molecule has 0 amide bonds. The van der Waals surface area contributed by atoms with Gasteiger partial charge in [-0.25, -0.2) is 0 Å². The first kappa shape index (κ1) is 25.2. The van der Waals surface area contributed by atoms with Crippen LogP contribution < -0.4 is 0 Å². The number of nitrogens with zero attached hydrogens (tertiary/aromatic N) is 1. The molecule has 2 nitrogen and oxygen atoms in total. The molecule has 0 spiro atoms. The molecule has 0 N–H and O–H groups in total. The van der Waals surface area contributed by atoms with E-state index in [9.17, 15) is 2.74 Å². The quantitative estimate of drug-likeness (QED) is 0.188. The van der Waals surface area contributed by atoms with Crippen molar-refractivity contribution in [3.8, 4) is 33.5 Å². The Morgan fingerprint density at radius 3 is 2.00 bits per heavy atom. The smallest absolute Gasteiger partial charge is 0.144 e. The van der Waals surface area contributed by atoms with E-state index in [1.165, 1.54) is 0 Å². The van der Waals surface area contributed by atoms with E-state index in [2.05, 4.69) is 97.1 Å². The fourth-order valence-corrected chi connectivity index (χ4v) is 6.97. The number of fused-ring (bicyclic) bond motifs is 6. The summed E-state index contributed by atoms with van der Waals surface area (Å²) in [6.07, 6.45) is 1.84. The molecule has 0 radical (unpaired) electrons. The number of aromatic nitrogens is 1. The average Bonchev–Trinajstić information content (AvgIpc) is 3.46. The maximum Gasteiger partial charge on any atom is 0.144 e. The summed E-state index contributed by atoms with van der Waals surface area (Å²) in [4.78, 5) is 4.87. The number of pyridine rings is 1. The molecule has 2 heteroatoms. The molecule has 8 rings (SSSR count). The number of furan rings is 1. The number of para-hydroxylation sites is 2. The zero-order valence-corrected chi connectivity index (χ0v) is 26.0. The zero-order chi connectivity index (χ0) is 32.5. The van der Waals surface area contributed by atoms with Crippen LogP contribution >= 0.6 is 0 Å². The summed E-state index contributed by atoms with van der Waals surface area (Å²) < 4.78 is 25.5. The van der Waals surface area contributed by atoms with Crippen LogP contribution in [0.3, 0.4) is 0 Å². The molecule has 0 fully saturated rings. The van der Waals surface area contributed by atoms with Gasteiger partial charge < -0.3 is 4.42 Å². The van der Waals surface area contributed by atoms with Crippen molar-refractivity contribution >= 4 is 43.5 Å². The Bertz CT molecular complexity index is 2480. The summed E-state index contributed by atoms with van der Waals surface area (Å²) in [7, 11) is 0. The van der Waals surface area contributed by atoms with Crippen molar-refractivity contribution in [3.63, 3.8) is 0 Å². The first-order chi connectivity index (χ1) is 22.6. The van der Waals surface area contributed by atoms with E-state index in [-0.39, 0.29) is 0 Å². The lowest BCUT2D eigenvalue weighted by Crippen LogP contribution is -2.02. The van der Waals surface area contributed by atoms with Gasteiger partial charge in [0.25, 0.3) is 0 Å². The van der Waals surface area contributed by atoms with Gasteiger partial charge in [0.1, 0.15) is 11.2 Å². The van der Waals surface area contributed by atoms with Crippen LogP contribution in [0.4, 0.5) is 0 Å². The third-order valence-corrected chi connectivity index (χ3v) is 9.02. The molecule has 0 atom stereocenters. The lowest BCUT2D eigenvalue weighted by atomic mass is 9.80. The van der Waals surface area contributed by atoms with Crippen molar-refractivity contribution in [3.05, 3.63) is 139 Å². The van der Waals surface area contributed by atoms with Gasteiger partial charge in [0.15, 0.2) is 0 Å². The van der Waals surface area contributed by atoms with Crippen LogP contribution in [0.25, 0.3) is 77.0 Å². The largest absolute Gasteiger partial charge is 0.455 e. The topological polar surface area (TPSA) is 26.0 Å². The van der Waals surface area contributed by atoms with Crippen LogP contribution in [0.2, 0.25) is 0 Å². The van der Waals surface area contributed by atoms with Crippen molar-refractivity contribution < 1.29 is 7.16 Å². The standard InChI is InChI=1S/C43H35NO/c1-26(2)37-25-38-31-15-9-8-14-29(31)20-21-33(38)40(27(3)4)41(37)30-22-23-44-39(24-30)36-19-11-18-35-34-17-10-16-32(42(34)45-43(35)36)28-12-6-5-7-13-28/h5-27H,1-4H3/i26D,27D. The summed E-state index contributed by atoms with van der Waals surface area (Å²) in [5.41, 5.74) is 9.19. The molecule has 0 unspecified atom stereocenters. The SMILES string of the molecule is [2H]C(C)(C)c1cc2c(ccc3ccccc32)c(C([2H])(C)C)c1-c1ccnc(-c2cccc3c2oc2c(-c4ccccc4)cccc23)c1. The van der Waals surface area contributed by atoms with Crippen molar-refractivity contribution in [1.29, 1.82) is 0 Å². The van der Waals surface area contributed by atoms with E-state index in [0.29, 0.717) is 0 Å². The fraction of sp³-hybridized carbons (Fsp3) is 0.140. The van der Waals surface area contributed by atoms with Crippen LogP contribution in [0.5, 0.6) is 0 Å². The molecular formula is C43H35NO. The number of rotatable bonds is 5. The molecule has 0 bridgehead atoms. The van der Waals surface area contributed by atoms with Crippen molar-refractivity contribution in [2.45, 2.75) is 39.5 Å². The summed E-state index contributed by atoms with van der Waals surface area (Å²) in [6, 6.07) is 41.8. The molecule has 2 aromatic heterocycles. The van der Waals surface area contributed by atoms with Gasteiger partial charge in [-0.3, -0.25) is 4.98 Å². The second-order valence-corrected chi connectivity index (χ2v) is 12.3. The average molecular weight is 584 g/mol. The van der Waals surface area contributed by atoms with Gasteiger partial charge in [-0.15, -0.1) is 0 Å². The maximum atomic E-state index is 9.44. The van der Waals surface area contributed by atoms with E-state index in [1.807, 2.05) is 58.2 Å². The highest BCUT2D eigenvalue weighted by atomic mass is 16.3. The Hall–Kier alpha value is -5.21. The van der Waals surface area contributed by atoms with Crippen molar-refractivity contribution in [2.24, 2.45) is 0 Å². The minimum absolute atomic E-state index is 0.787. The maximum absolute atomic E-state index is 9.44. The predicted molar refractivity (Wildman–Crippen MR) is 191 cm³/mol. The van der Waals surface area contributed by atoms with Crippen LogP contribution in [-0.4, -0.2) is 4.98 Å². The van der Waals surface area contributed by atoms with Gasteiger partial charge >= 0.3 is 0 Å². The van der Waals surface area contributed by atoms with Gasteiger partial charge in [-0.1, -0.05) is 125 Å². The van der Waals surface area contributed by atoms with E-state index in [0.717, 1.165) is 88.1 Å². The third-order valence-electron chi connectivity index (χ3n) is 9.02. The molecule has 6 aromatic carbocycles. The number of benzene rings is 6. The molecule has 0 saturated heterocycles. The predicted octanol–water partition coefficient (Wildman–Crippen LogP) is 12.5. The van der Waals surface area contributed by atoms with Gasteiger partial charge in [0.05, 0.1) is 5.69 Å². The summed E-state index contributed by atoms with van der Waals surface area (Å²) in [6.45, 7) is 7.77. The highest BCUT2D eigenvalue weighted by molar-refractivity contribution is 6.13. The summed E-state index contributed by atoms with van der Waals surface area (Å²) >= 11 is 0. The number of hydrogen-bond acceptors (Lipinski definition) is 2. The van der Waals surface area contributed by atoms with Crippen LogP contribution in [0, 0.1) is 0 Å². The Morgan fingerprint density at radius 1 is 0.556 bits per heavy atom. The zero-order valence-electron chi connectivity index (χ0n) is 28.0. The lowest BCUT2D eigenvalue weighted by Gasteiger charge is -2.24. The van der Waals surface area contributed by atoms with Crippen molar-refractivity contribution in [1.82, 2.24) is 4.98 Å². The van der Waals surface area contributed by atoms with Gasteiger partial charge in [0, 0.05) is 30.8 Å². The molecule has 0 saturated carbocycles. The van der Waals surface area contributed by atoms with Gasteiger partial charge in [-0.05, 0) is 85.4 Å². The molecule has 0 aliphatic heterocycles. The van der Waals surface area contributed by atoms with Gasteiger partial charge in [0.2, 0.25) is 0 Å². The summed E-state index contributed by atoms with van der Waals surface area (Å²) in [5, 5.41) is 6.51.